The fraction of sp³-hybridized carbons (Fsp3) is 0.0678. The molecule has 0 amide bonds. The minimum atomic E-state index is 0. The molecule has 0 aliphatic carbocycles. The Kier molecular flexibility index (Phi) is 15.6. The SMILES string of the molecule is [Ir+3].[Pt+2].[c-]1cc(-c2ccccc2-c2cc(CCc3c[c-]c(-c4ccccn4)cc3)cc(CCc3c[c-]c(-c4ccccn4)cc3)c2)c(Oc2[c-]c(-c3ccccn3)ccc2)[c-]c1-c1ncccn1. The van der Waals surface area contributed by atoms with Crippen molar-refractivity contribution in [1.29, 1.82) is 0 Å². The average Bonchev–Trinajstić information content (AvgIpc) is 3.39. The zero-order valence-corrected chi connectivity index (χ0v) is 40.8. The third-order valence-corrected chi connectivity index (χ3v) is 11.2. The van der Waals surface area contributed by atoms with Crippen molar-refractivity contribution >= 4 is 0 Å². The monoisotopic (exact) mass is 1220 g/mol. The van der Waals surface area contributed by atoms with Crippen molar-refractivity contribution in [1.82, 2.24) is 24.9 Å². The standard InChI is InChI=1S/C59H40N5O.Ir.Pt/c1-2-14-53(54-31-30-49(59-63-35-10-36-64-59)41-58(54)65-51-12-9-11-48(40-51)57-17-5-8-34-62-57)52(13-1)50-38-44(20-18-42-22-26-46(27-23-42)55-15-3-6-32-60-55)37-45(39-50)21-19-43-24-28-47(29-25-43)56-16-4-7-33-61-56;;/h1-17,22-26,28,31-39H,18-21H2;;/q-5;+3;+2. The van der Waals surface area contributed by atoms with Gasteiger partial charge >= 0.3 is 41.2 Å². The van der Waals surface area contributed by atoms with Gasteiger partial charge in [-0.15, -0.1) is 100 Å². The van der Waals surface area contributed by atoms with E-state index in [0.717, 1.165) is 81.7 Å². The molecule has 0 saturated heterocycles. The molecular weight excluding hydrogens is 1180 g/mol. The maximum atomic E-state index is 6.75. The van der Waals surface area contributed by atoms with Gasteiger partial charge in [0, 0.05) is 36.7 Å². The molecule has 0 bridgehead atoms. The molecule has 0 aliphatic heterocycles. The molecule has 0 saturated carbocycles. The maximum absolute atomic E-state index is 6.75. The summed E-state index contributed by atoms with van der Waals surface area (Å²) in [5, 5.41) is 0. The summed E-state index contributed by atoms with van der Waals surface area (Å²) < 4.78 is 6.75. The van der Waals surface area contributed by atoms with Gasteiger partial charge in [-0.1, -0.05) is 103 Å². The average molecular weight is 1220 g/mol. The second-order valence-corrected chi connectivity index (χ2v) is 15.6. The van der Waals surface area contributed by atoms with Crippen molar-refractivity contribution in [2.24, 2.45) is 0 Å². The van der Waals surface area contributed by atoms with Gasteiger partial charge in [0.1, 0.15) is 0 Å². The van der Waals surface area contributed by atoms with Gasteiger partial charge in [0.15, 0.2) is 0 Å². The molecule has 6 nitrogen and oxygen atoms in total. The number of aromatic nitrogens is 5. The van der Waals surface area contributed by atoms with Crippen molar-refractivity contribution in [3.63, 3.8) is 0 Å². The van der Waals surface area contributed by atoms with E-state index in [1.54, 1.807) is 24.7 Å². The molecule has 67 heavy (non-hydrogen) atoms. The van der Waals surface area contributed by atoms with E-state index >= 15 is 0 Å². The maximum Gasteiger partial charge on any atom is 3.00 e. The summed E-state index contributed by atoms with van der Waals surface area (Å²) in [4.78, 5) is 22.6. The topological polar surface area (TPSA) is 73.7 Å². The smallest absolute Gasteiger partial charge is 0.515 e. The minimum Gasteiger partial charge on any atom is -0.515 e. The van der Waals surface area contributed by atoms with E-state index in [4.69, 9.17) is 4.74 Å². The summed E-state index contributed by atoms with van der Waals surface area (Å²) in [5.74, 6) is 1.56. The van der Waals surface area contributed by atoms with Crippen molar-refractivity contribution < 1.29 is 45.9 Å². The molecule has 4 aromatic heterocycles. The Balaban J connectivity index is 0.00000304. The van der Waals surface area contributed by atoms with E-state index < -0.39 is 0 Å². The van der Waals surface area contributed by atoms with Gasteiger partial charge in [-0.3, -0.25) is 6.07 Å². The Hall–Kier alpha value is -7.01. The molecule has 0 N–H and O–H groups in total. The Bertz CT molecular complexity index is 3050. The number of aryl methyl sites for hydroxylation is 4. The summed E-state index contributed by atoms with van der Waals surface area (Å²) in [5.41, 5.74) is 15.0. The first-order chi connectivity index (χ1) is 32.2. The van der Waals surface area contributed by atoms with Crippen LogP contribution in [0.15, 0.2) is 195 Å². The van der Waals surface area contributed by atoms with Crippen LogP contribution in [-0.2, 0) is 66.9 Å². The number of hydrogen-bond acceptors (Lipinski definition) is 6. The van der Waals surface area contributed by atoms with Gasteiger partial charge in [0.05, 0.1) is 0 Å². The number of hydrogen-bond donors (Lipinski definition) is 0. The fourth-order valence-electron chi connectivity index (χ4n) is 7.89. The van der Waals surface area contributed by atoms with Crippen LogP contribution in [0.25, 0.3) is 67.4 Å². The number of ether oxygens (including phenoxy) is 1. The number of benzene rings is 6. The van der Waals surface area contributed by atoms with Crippen LogP contribution < -0.4 is 4.74 Å². The Morgan fingerprint density at radius 3 is 1.49 bits per heavy atom. The number of pyridine rings is 3. The molecule has 0 aliphatic rings. The third-order valence-electron chi connectivity index (χ3n) is 11.2. The van der Waals surface area contributed by atoms with Crippen molar-refractivity contribution in [2.75, 3.05) is 0 Å². The minimum absolute atomic E-state index is 0. The van der Waals surface area contributed by atoms with E-state index in [9.17, 15) is 0 Å². The van der Waals surface area contributed by atoms with Crippen molar-refractivity contribution in [3.05, 3.63) is 247 Å². The molecule has 6 aromatic carbocycles. The molecule has 8 heteroatoms. The molecule has 0 fully saturated rings. The molecule has 4 heterocycles. The van der Waals surface area contributed by atoms with Crippen LogP contribution in [0.5, 0.6) is 11.5 Å². The Morgan fingerprint density at radius 1 is 0.403 bits per heavy atom. The van der Waals surface area contributed by atoms with Crippen LogP contribution in [-0.4, -0.2) is 24.9 Å². The van der Waals surface area contributed by atoms with Crippen LogP contribution in [0.1, 0.15) is 22.3 Å². The van der Waals surface area contributed by atoms with Crippen molar-refractivity contribution in [3.8, 4) is 78.9 Å². The largest absolute Gasteiger partial charge is 3.00 e. The van der Waals surface area contributed by atoms with E-state index in [1.807, 2.05) is 91.3 Å². The van der Waals surface area contributed by atoms with Gasteiger partial charge in [-0.05, 0) is 88.0 Å². The van der Waals surface area contributed by atoms with Crippen molar-refractivity contribution in [2.45, 2.75) is 25.7 Å². The molecule has 326 valence electrons. The van der Waals surface area contributed by atoms with E-state index in [1.165, 1.54) is 22.3 Å². The molecule has 0 unspecified atom stereocenters. The summed E-state index contributed by atoms with van der Waals surface area (Å²) in [6, 6.07) is 72.9. The normalized spacial score (nSPS) is 10.7. The Morgan fingerprint density at radius 2 is 0.940 bits per heavy atom. The number of nitrogens with zero attached hydrogens (tertiary/aromatic N) is 5. The van der Waals surface area contributed by atoms with Gasteiger partial charge in [0.2, 0.25) is 0 Å². The van der Waals surface area contributed by atoms with Crippen LogP contribution in [0.3, 0.4) is 0 Å². The zero-order chi connectivity index (χ0) is 43.6. The molecule has 10 rings (SSSR count). The predicted molar refractivity (Wildman–Crippen MR) is 256 cm³/mol. The van der Waals surface area contributed by atoms with Crippen LogP contribution in [0.2, 0.25) is 0 Å². The quantitative estimate of drug-likeness (QED) is 0.101. The molecule has 10 aromatic rings. The van der Waals surface area contributed by atoms with Crippen LogP contribution in [0, 0.1) is 30.3 Å². The third kappa shape index (κ3) is 11.5. The molecule has 0 radical (unpaired) electrons. The predicted octanol–water partition coefficient (Wildman–Crippen LogP) is 13.0. The van der Waals surface area contributed by atoms with Gasteiger partial charge in [-0.2, -0.15) is 0 Å². The van der Waals surface area contributed by atoms with Gasteiger partial charge in [-0.25, -0.2) is 17.7 Å². The Labute approximate surface area is 419 Å². The summed E-state index contributed by atoms with van der Waals surface area (Å²) >= 11 is 0. The first-order valence-corrected chi connectivity index (χ1v) is 21.6. The van der Waals surface area contributed by atoms with E-state index in [0.29, 0.717) is 22.9 Å². The zero-order valence-electron chi connectivity index (χ0n) is 36.1. The van der Waals surface area contributed by atoms with E-state index in [-0.39, 0.29) is 41.2 Å². The summed E-state index contributed by atoms with van der Waals surface area (Å²) in [7, 11) is 0. The summed E-state index contributed by atoms with van der Waals surface area (Å²) in [6.07, 6.45) is 12.3. The van der Waals surface area contributed by atoms with Crippen LogP contribution >= 0.6 is 0 Å². The fourth-order valence-corrected chi connectivity index (χ4v) is 7.89. The first-order valence-electron chi connectivity index (χ1n) is 21.6. The first kappa shape index (κ1) is 46.5. The molecular formula is C59H40IrN5OPt. The summed E-state index contributed by atoms with van der Waals surface area (Å²) in [6.45, 7) is 0. The molecule has 0 spiro atoms. The van der Waals surface area contributed by atoms with Crippen LogP contribution in [0.4, 0.5) is 0 Å². The second-order valence-electron chi connectivity index (χ2n) is 15.6. The number of rotatable bonds is 14. The van der Waals surface area contributed by atoms with E-state index in [2.05, 4.69) is 134 Å². The molecule has 0 atom stereocenters. The second kappa shape index (κ2) is 22.5. The van der Waals surface area contributed by atoms with Gasteiger partial charge in [0.25, 0.3) is 0 Å². The van der Waals surface area contributed by atoms with Gasteiger partial charge < -0.3 is 29.7 Å².